The van der Waals surface area contributed by atoms with Crippen LogP contribution in [-0.4, -0.2) is 28.6 Å². The maximum Gasteiger partial charge on any atom is 0.336 e. The predicted octanol–water partition coefficient (Wildman–Crippen LogP) is 3.68. The van der Waals surface area contributed by atoms with E-state index in [1.54, 1.807) is 6.07 Å². The molecule has 1 heterocycles. The average Bonchev–Trinajstić information content (AvgIpc) is 2.65. The van der Waals surface area contributed by atoms with Crippen LogP contribution in [0.1, 0.15) is 54.9 Å². The molecule has 1 saturated heterocycles. The van der Waals surface area contributed by atoms with Gasteiger partial charge in [0.25, 0.3) is 0 Å². The van der Waals surface area contributed by atoms with Gasteiger partial charge in [0.1, 0.15) is 5.82 Å². The van der Waals surface area contributed by atoms with Crippen molar-refractivity contribution >= 4 is 5.97 Å². The number of rotatable bonds is 4. The molecule has 4 heteroatoms. The van der Waals surface area contributed by atoms with Crippen molar-refractivity contribution in [2.75, 3.05) is 6.54 Å². The molecule has 1 aliphatic heterocycles. The van der Waals surface area contributed by atoms with E-state index in [9.17, 15) is 14.3 Å². The molecule has 1 unspecified atom stereocenters. The molecule has 20 heavy (non-hydrogen) atoms. The molecule has 1 fully saturated rings. The van der Waals surface area contributed by atoms with Crippen LogP contribution in [0.3, 0.4) is 0 Å². The Morgan fingerprint density at radius 3 is 2.90 bits per heavy atom. The third-order valence-corrected chi connectivity index (χ3v) is 4.15. The Morgan fingerprint density at radius 1 is 1.40 bits per heavy atom. The standard InChI is InChI=1S/C16H22FNO2/c1-2-14-6-4-3-5-9-18(14)11-12-7-8-13(17)10-15(12)16(19)20/h7-8,10,14H,2-6,9,11H2,1H3,(H,19,20). The lowest BCUT2D eigenvalue weighted by Gasteiger charge is -2.29. The molecule has 0 spiro atoms. The third kappa shape index (κ3) is 3.57. The highest BCUT2D eigenvalue weighted by molar-refractivity contribution is 5.89. The molecule has 0 bridgehead atoms. The van der Waals surface area contributed by atoms with E-state index in [1.807, 2.05) is 0 Å². The molecule has 1 aromatic carbocycles. The van der Waals surface area contributed by atoms with Gasteiger partial charge in [0, 0.05) is 12.6 Å². The largest absolute Gasteiger partial charge is 0.478 e. The summed E-state index contributed by atoms with van der Waals surface area (Å²) in [6.45, 7) is 3.76. The van der Waals surface area contributed by atoms with Gasteiger partial charge in [-0.05, 0) is 43.5 Å². The summed E-state index contributed by atoms with van der Waals surface area (Å²) in [4.78, 5) is 13.6. The fourth-order valence-corrected chi connectivity index (χ4v) is 3.01. The zero-order chi connectivity index (χ0) is 14.5. The van der Waals surface area contributed by atoms with Crippen molar-refractivity contribution in [1.82, 2.24) is 4.90 Å². The molecule has 3 nitrogen and oxygen atoms in total. The van der Waals surface area contributed by atoms with Crippen LogP contribution in [0.4, 0.5) is 4.39 Å². The summed E-state index contributed by atoms with van der Waals surface area (Å²) in [5.41, 5.74) is 0.795. The van der Waals surface area contributed by atoms with Gasteiger partial charge in [-0.2, -0.15) is 0 Å². The van der Waals surface area contributed by atoms with Gasteiger partial charge in [0.15, 0.2) is 0 Å². The molecule has 0 saturated carbocycles. The number of halogens is 1. The van der Waals surface area contributed by atoms with E-state index < -0.39 is 11.8 Å². The van der Waals surface area contributed by atoms with Gasteiger partial charge in [0.2, 0.25) is 0 Å². The van der Waals surface area contributed by atoms with E-state index in [0.29, 0.717) is 18.2 Å². The quantitative estimate of drug-likeness (QED) is 0.914. The molecule has 1 N–H and O–H groups in total. The predicted molar refractivity (Wildman–Crippen MR) is 76.3 cm³/mol. The average molecular weight is 279 g/mol. The van der Waals surface area contributed by atoms with Gasteiger partial charge in [-0.3, -0.25) is 4.90 Å². The number of aromatic carboxylic acids is 1. The van der Waals surface area contributed by atoms with Crippen molar-refractivity contribution in [3.05, 3.63) is 35.1 Å². The zero-order valence-corrected chi connectivity index (χ0v) is 11.9. The van der Waals surface area contributed by atoms with Crippen molar-refractivity contribution in [2.45, 2.75) is 51.6 Å². The molecule has 0 amide bonds. The van der Waals surface area contributed by atoms with Crippen LogP contribution in [0.15, 0.2) is 18.2 Å². The summed E-state index contributed by atoms with van der Waals surface area (Å²) in [5, 5.41) is 9.21. The molecular formula is C16H22FNO2. The van der Waals surface area contributed by atoms with Crippen LogP contribution in [0.2, 0.25) is 0 Å². The molecular weight excluding hydrogens is 257 g/mol. The van der Waals surface area contributed by atoms with Gasteiger partial charge in [-0.15, -0.1) is 0 Å². The second-order valence-electron chi connectivity index (χ2n) is 5.49. The summed E-state index contributed by atoms with van der Waals surface area (Å²) in [7, 11) is 0. The van der Waals surface area contributed by atoms with Gasteiger partial charge < -0.3 is 5.11 Å². The number of nitrogens with zero attached hydrogens (tertiary/aromatic N) is 1. The second kappa shape index (κ2) is 6.84. The van der Waals surface area contributed by atoms with Crippen molar-refractivity contribution in [3.8, 4) is 0 Å². The van der Waals surface area contributed by atoms with Crippen LogP contribution in [0, 0.1) is 5.82 Å². The Bertz CT molecular complexity index is 476. The lowest BCUT2D eigenvalue weighted by atomic mass is 10.0. The number of benzene rings is 1. The number of hydrogen-bond donors (Lipinski definition) is 1. The van der Waals surface area contributed by atoms with Crippen molar-refractivity contribution in [1.29, 1.82) is 0 Å². The number of carboxylic acids is 1. The first-order valence-corrected chi connectivity index (χ1v) is 7.37. The van der Waals surface area contributed by atoms with Crippen LogP contribution in [0.25, 0.3) is 0 Å². The summed E-state index contributed by atoms with van der Waals surface area (Å²) in [6.07, 6.45) is 5.87. The normalized spacial score (nSPS) is 20.6. The van der Waals surface area contributed by atoms with Gasteiger partial charge in [0.05, 0.1) is 5.56 Å². The number of carboxylic acid groups (broad SMARTS) is 1. The first kappa shape index (κ1) is 15.0. The molecule has 0 aliphatic carbocycles. The minimum absolute atomic E-state index is 0.0871. The van der Waals surface area contributed by atoms with Crippen LogP contribution >= 0.6 is 0 Å². The van der Waals surface area contributed by atoms with E-state index in [2.05, 4.69) is 11.8 Å². The Morgan fingerprint density at radius 2 is 2.20 bits per heavy atom. The smallest absolute Gasteiger partial charge is 0.336 e. The van der Waals surface area contributed by atoms with E-state index in [-0.39, 0.29) is 5.56 Å². The van der Waals surface area contributed by atoms with Crippen molar-refractivity contribution in [3.63, 3.8) is 0 Å². The lowest BCUT2D eigenvalue weighted by Crippen LogP contribution is -2.34. The monoisotopic (exact) mass is 279 g/mol. The summed E-state index contributed by atoms with van der Waals surface area (Å²) in [6, 6.07) is 4.58. The Labute approximate surface area is 119 Å². The maximum absolute atomic E-state index is 13.2. The molecule has 1 aliphatic rings. The fraction of sp³-hybridized carbons (Fsp3) is 0.562. The number of likely N-dealkylation sites (tertiary alicyclic amines) is 1. The van der Waals surface area contributed by atoms with Crippen LogP contribution in [-0.2, 0) is 6.54 Å². The third-order valence-electron chi connectivity index (χ3n) is 4.15. The van der Waals surface area contributed by atoms with E-state index in [1.165, 1.54) is 25.3 Å². The molecule has 0 radical (unpaired) electrons. The van der Waals surface area contributed by atoms with Crippen LogP contribution < -0.4 is 0 Å². The summed E-state index contributed by atoms with van der Waals surface area (Å²) >= 11 is 0. The van der Waals surface area contributed by atoms with E-state index in [0.717, 1.165) is 25.5 Å². The van der Waals surface area contributed by atoms with Crippen molar-refractivity contribution in [2.24, 2.45) is 0 Å². The van der Waals surface area contributed by atoms with Crippen LogP contribution in [0.5, 0.6) is 0 Å². The number of hydrogen-bond acceptors (Lipinski definition) is 2. The summed E-state index contributed by atoms with van der Waals surface area (Å²) < 4.78 is 13.2. The first-order chi connectivity index (χ1) is 9.61. The lowest BCUT2D eigenvalue weighted by molar-refractivity contribution is 0.0693. The summed E-state index contributed by atoms with van der Waals surface area (Å²) in [5.74, 6) is -1.54. The van der Waals surface area contributed by atoms with Crippen molar-refractivity contribution < 1.29 is 14.3 Å². The highest BCUT2D eigenvalue weighted by Crippen LogP contribution is 2.23. The molecule has 2 rings (SSSR count). The second-order valence-corrected chi connectivity index (χ2v) is 5.49. The zero-order valence-electron chi connectivity index (χ0n) is 11.9. The van der Waals surface area contributed by atoms with E-state index in [4.69, 9.17) is 0 Å². The SMILES string of the molecule is CCC1CCCCCN1Cc1ccc(F)cc1C(=O)O. The Kier molecular flexibility index (Phi) is 5.12. The number of carbonyl (C=O) groups is 1. The molecule has 1 atom stereocenters. The van der Waals surface area contributed by atoms with Gasteiger partial charge in [-0.1, -0.05) is 25.8 Å². The highest BCUT2D eigenvalue weighted by Gasteiger charge is 2.21. The van der Waals surface area contributed by atoms with E-state index >= 15 is 0 Å². The first-order valence-electron chi connectivity index (χ1n) is 7.37. The minimum Gasteiger partial charge on any atom is -0.478 e. The highest BCUT2D eigenvalue weighted by atomic mass is 19.1. The topological polar surface area (TPSA) is 40.5 Å². The molecule has 0 aromatic heterocycles. The Balaban J connectivity index is 2.21. The molecule has 110 valence electrons. The maximum atomic E-state index is 13.2. The fourth-order valence-electron chi connectivity index (χ4n) is 3.01. The molecule has 1 aromatic rings. The minimum atomic E-state index is -1.05. The van der Waals surface area contributed by atoms with Gasteiger partial charge >= 0.3 is 5.97 Å². The van der Waals surface area contributed by atoms with Gasteiger partial charge in [-0.25, -0.2) is 9.18 Å². The Hall–Kier alpha value is -1.42.